The van der Waals surface area contributed by atoms with Gasteiger partial charge in [0.1, 0.15) is 0 Å². The third-order valence-electron chi connectivity index (χ3n) is 4.24. The van der Waals surface area contributed by atoms with E-state index in [1.165, 1.54) is 10.4 Å². The number of carbonyl (C=O) groups is 1. The van der Waals surface area contributed by atoms with E-state index in [2.05, 4.69) is 0 Å². The fourth-order valence-corrected chi connectivity index (χ4v) is 4.49. The number of sulfonamides is 1. The highest BCUT2D eigenvalue weighted by Crippen LogP contribution is 2.26. The summed E-state index contributed by atoms with van der Waals surface area (Å²) in [6.07, 6.45) is 3.16. The lowest BCUT2D eigenvalue weighted by Gasteiger charge is -2.16. The molecule has 6 heteroatoms. The second kappa shape index (κ2) is 7.21. The Morgan fingerprint density at radius 2 is 1.48 bits per heavy atom. The van der Waals surface area contributed by atoms with Crippen molar-refractivity contribution in [1.82, 2.24) is 4.31 Å². The molecule has 2 aromatic carbocycles. The summed E-state index contributed by atoms with van der Waals surface area (Å²) in [7, 11) is -3.45. The van der Waals surface area contributed by atoms with Gasteiger partial charge in [0.25, 0.3) is 0 Å². The van der Waals surface area contributed by atoms with Crippen molar-refractivity contribution in [2.24, 2.45) is 5.73 Å². The van der Waals surface area contributed by atoms with Crippen LogP contribution in [0.4, 0.5) is 0 Å². The lowest BCUT2D eigenvalue weighted by atomic mass is 9.97. The van der Waals surface area contributed by atoms with E-state index in [0.717, 1.165) is 24.0 Å². The standard InChI is InChI=1S/C19H20N2O3S/c20-19(22)14-18(15-6-2-1-3-7-15)16-8-10-17(11-9-16)25(23,24)21-12-4-5-13-21/h1-3,6-11,14H,4-5,12-13H2,(H2,20,22). The SMILES string of the molecule is NC(=O)C=C(c1ccccc1)c1ccc(S(=O)(=O)N2CCCC2)cc1. The number of nitrogens with two attached hydrogens (primary N) is 1. The van der Waals surface area contributed by atoms with Crippen molar-refractivity contribution in [2.45, 2.75) is 17.7 Å². The first-order chi connectivity index (χ1) is 12.0. The number of hydrogen-bond donors (Lipinski definition) is 1. The molecule has 5 nitrogen and oxygen atoms in total. The van der Waals surface area contributed by atoms with Gasteiger partial charge in [-0.25, -0.2) is 8.42 Å². The number of hydrogen-bond acceptors (Lipinski definition) is 3. The molecule has 0 radical (unpaired) electrons. The zero-order valence-electron chi connectivity index (χ0n) is 13.8. The Kier molecular flexibility index (Phi) is 5.01. The van der Waals surface area contributed by atoms with Gasteiger partial charge in [0.2, 0.25) is 15.9 Å². The minimum atomic E-state index is -3.45. The molecule has 0 unspecified atom stereocenters. The molecule has 1 fully saturated rings. The van der Waals surface area contributed by atoms with Gasteiger partial charge in [-0.15, -0.1) is 0 Å². The quantitative estimate of drug-likeness (QED) is 0.835. The van der Waals surface area contributed by atoms with Crippen LogP contribution in [0.2, 0.25) is 0 Å². The number of carbonyl (C=O) groups excluding carboxylic acids is 1. The summed E-state index contributed by atoms with van der Waals surface area (Å²) in [5.41, 5.74) is 7.58. The maximum absolute atomic E-state index is 12.6. The fourth-order valence-electron chi connectivity index (χ4n) is 2.98. The second-order valence-corrected chi connectivity index (χ2v) is 7.90. The van der Waals surface area contributed by atoms with Gasteiger partial charge in [0, 0.05) is 19.2 Å². The maximum atomic E-state index is 12.6. The summed E-state index contributed by atoms with van der Waals surface area (Å²) in [6.45, 7) is 1.14. The Morgan fingerprint density at radius 1 is 0.920 bits per heavy atom. The van der Waals surface area contributed by atoms with Crippen LogP contribution in [0.25, 0.3) is 5.57 Å². The number of benzene rings is 2. The van der Waals surface area contributed by atoms with Gasteiger partial charge in [-0.05, 0) is 41.7 Å². The minimum absolute atomic E-state index is 0.268. The van der Waals surface area contributed by atoms with Crippen LogP contribution in [-0.4, -0.2) is 31.7 Å². The van der Waals surface area contributed by atoms with E-state index < -0.39 is 15.9 Å². The predicted molar refractivity (Wildman–Crippen MR) is 97.2 cm³/mol. The number of rotatable bonds is 5. The van der Waals surface area contributed by atoms with Crippen LogP contribution in [0.1, 0.15) is 24.0 Å². The molecule has 0 aromatic heterocycles. The molecule has 0 bridgehead atoms. The van der Waals surface area contributed by atoms with Crippen molar-refractivity contribution in [2.75, 3.05) is 13.1 Å². The van der Waals surface area contributed by atoms with Gasteiger partial charge in [-0.2, -0.15) is 4.31 Å². The normalized spacial score (nSPS) is 16.1. The maximum Gasteiger partial charge on any atom is 0.243 e. The Morgan fingerprint density at radius 3 is 2.04 bits per heavy atom. The van der Waals surface area contributed by atoms with Crippen molar-refractivity contribution >= 4 is 21.5 Å². The molecule has 25 heavy (non-hydrogen) atoms. The lowest BCUT2D eigenvalue weighted by molar-refractivity contribution is -0.113. The predicted octanol–water partition coefficient (Wildman–Crippen LogP) is 2.39. The topological polar surface area (TPSA) is 80.5 Å². The third kappa shape index (κ3) is 3.81. The van der Waals surface area contributed by atoms with E-state index in [1.807, 2.05) is 30.3 Å². The second-order valence-electron chi connectivity index (χ2n) is 5.96. The highest BCUT2D eigenvalue weighted by atomic mass is 32.2. The van der Waals surface area contributed by atoms with Gasteiger partial charge in [-0.3, -0.25) is 4.79 Å². The van der Waals surface area contributed by atoms with Crippen molar-refractivity contribution in [3.8, 4) is 0 Å². The van der Waals surface area contributed by atoms with E-state index in [4.69, 9.17) is 5.73 Å². The summed E-state index contributed by atoms with van der Waals surface area (Å²) < 4.78 is 26.7. The van der Waals surface area contributed by atoms with E-state index in [1.54, 1.807) is 24.3 Å². The van der Waals surface area contributed by atoms with Crippen LogP contribution >= 0.6 is 0 Å². The van der Waals surface area contributed by atoms with Crippen molar-refractivity contribution in [3.63, 3.8) is 0 Å². The highest BCUT2D eigenvalue weighted by molar-refractivity contribution is 7.89. The molecule has 0 spiro atoms. The van der Waals surface area contributed by atoms with Crippen LogP contribution in [-0.2, 0) is 14.8 Å². The Labute approximate surface area is 147 Å². The lowest BCUT2D eigenvalue weighted by Crippen LogP contribution is -2.27. The van der Waals surface area contributed by atoms with Crippen LogP contribution in [0.3, 0.4) is 0 Å². The Balaban J connectivity index is 1.96. The summed E-state index contributed by atoms with van der Waals surface area (Å²) in [5.74, 6) is -0.549. The molecule has 1 heterocycles. The van der Waals surface area contributed by atoms with Gasteiger partial charge in [-0.1, -0.05) is 42.5 Å². The third-order valence-corrected chi connectivity index (χ3v) is 6.15. The molecule has 0 atom stereocenters. The van der Waals surface area contributed by atoms with Crippen molar-refractivity contribution in [3.05, 3.63) is 71.8 Å². The van der Waals surface area contributed by atoms with Crippen LogP contribution in [0.15, 0.2) is 65.6 Å². The molecule has 3 rings (SSSR count). The van der Waals surface area contributed by atoms with Gasteiger partial charge in [0.05, 0.1) is 4.90 Å². The molecule has 1 amide bonds. The van der Waals surface area contributed by atoms with Crippen LogP contribution in [0, 0.1) is 0 Å². The average molecular weight is 356 g/mol. The van der Waals surface area contributed by atoms with E-state index in [0.29, 0.717) is 18.7 Å². The first-order valence-electron chi connectivity index (χ1n) is 8.15. The molecular weight excluding hydrogens is 336 g/mol. The van der Waals surface area contributed by atoms with Gasteiger partial charge >= 0.3 is 0 Å². The Bertz CT molecular complexity index is 882. The number of amides is 1. The highest BCUT2D eigenvalue weighted by Gasteiger charge is 2.27. The first kappa shape index (κ1) is 17.4. The zero-order valence-corrected chi connectivity index (χ0v) is 14.6. The number of primary amides is 1. The molecule has 1 aliphatic heterocycles. The molecule has 0 saturated carbocycles. The molecule has 1 saturated heterocycles. The van der Waals surface area contributed by atoms with Gasteiger partial charge in [0.15, 0.2) is 0 Å². The van der Waals surface area contributed by atoms with Crippen LogP contribution < -0.4 is 5.73 Å². The Hall–Kier alpha value is -2.44. The van der Waals surface area contributed by atoms with Crippen molar-refractivity contribution < 1.29 is 13.2 Å². The smallest absolute Gasteiger partial charge is 0.243 e. The molecule has 130 valence electrons. The van der Waals surface area contributed by atoms with Gasteiger partial charge < -0.3 is 5.73 Å². The van der Waals surface area contributed by atoms with Crippen LogP contribution in [0.5, 0.6) is 0 Å². The molecule has 2 N–H and O–H groups in total. The summed E-state index contributed by atoms with van der Waals surface area (Å²) >= 11 is 0. The average Bonchev–Trinajstić information content (AvgIpc) is 3.16. The van der Waals surface area contributed by atoms with Crippen molar-refractivity contribution in [1.29, 1.82) is 0 Å². The summed E-state index contributed by atoms with van der Waals surface area (Å²) in [4.78, 5) is 11.7. The monoisotopic (exact) mass is 356 g/mol. The fraction of sp³-hybridized carbons (Fsp3) is 0.211. The largest absolute Gasteiger partial charge is 0.366 e. The molecule has 1 aliphatic rings. The molecule has 2 aromatic rings. The molecule has 0 aliphatic carbocycles. The summed E-state index contributed by atoms with van der Waals surface area (Å²) in [6, 6.07) is 16.0. The van der Waals surface area contributed by atoms with E-state index in [-0.39, 0.29) is 4.90 Å². The van der Waals surface area contributed by atoms with E-state index >= 15 is 0 Å². The van der Waals surface area contributed by atoms with E-state index in [9.17, 15) is 13.2 Å². The summed E-state index contributed by atoms with van der Waals surface area (Å²) in [5, 5.41) is 0. The number of nitrogens with zero attached hydrogens (tertiary/aromatic N) is 1. The molecular formula is C19H20N2O3S. The first-order valence-corrected chi connectivity index (χ1v) is 9.59. The zero-order chi connectivity index (χ0) is 17.9. The minimum Gasteiger partial charge on any atom is -0.366 e.